The average molecular weight is 491 g/mol. The third-order valence-corrected chi connectivity index (χ3v) is 6.84. The number of hydrogen-bond acceptors (Lipinski definition) is 5. The number of rotatable bonds is 6. The molecule has 2 heterocycles. The third-order valence-electron chi connectivity index (χ3n) is 6.84. The van der Waals surface area contributed by atoms with Gasteiger partial charge in [0, 0.05) is 36.6 Å². The van der Waals surface area contributed by atoms with Crippen LogP contribution in [0.25, 0.3) is 11.0 Å². The fourth-order valence-electron chi connectivity index (χ4n) is 4.83. The van der Waals surface area contributed by atoms with Gasteiger partial charge in [0.2, 0.25) is 5.95 Å². The molecule has 0 radical (unpaired) electrons. The number of anilines is 1. The Kier molecular flexibility index (Phi) is 6.65. The lowest BCUT2D eigenvalue weighted by atomic mass is 9.76. The topological polar surface area (TPSA) is 90.6 Å². The summed E-state index contributed by atoms with van der Waals surface area (Å²) in [6.07, 6.45) is -4.74. The summed E-state index contributed by atoms with van der Waals surface area (Å²) in [6, 6.07) is 9.99. The molecule has 2 unspecified atom stereocenters. The number of benzene rings is 2. The predicted molar refractivity (Wildman–Crippen MR) is 126 cm³/mol. The van der Waals surface area contributed by atoms with Gasteiger partial charge in [0.15, 0.2) is 0 Å². The van der Waals surface area contributed by atoms with Crippen molar-refractivity contribution in [3.63, 3.8) is 0 Å². The van der Waals surface area contributed by atoms with Crippen molar-refractivity contribution in [3.8, 4) is 0 Å². The van der Waals surface area contributed by atoms with Crippen LogP contribution in [-0.4, -0.2) is 57.0 Å². The lowest BCUT2D eigenvalue weighted by Gasteiger charge is -2.30. The molecule has 1 fully saturated rings. The van der Waals surface area contributed by atoms with Crippen molar-refractivity contribution in [2.24, 2.45) is 5.41 Å². The van der Waals surface area contributed by atoms with E-state index >= 15 is 0 Å². The molecular formula is C25H29F3N4O3. The molecule has 7 nitrogen and oxygen atoms in total. The maximum atomic E-state index is 13.1. The molecule has 0 saturated carbocycles. The summed E-state index contributed by atoms with van der Waals surface area (Å²) in [7, 11) is 1.87. The van der Waals surface area contributed by atoms with E-state index in [2.05, 4.69) is 10.3 Å². The minimum Gasteiger partial charge on any atom is -0.396 e. The van der Waals surface area contributed by atoms with E-state index in [-0.39, 0.29) is 29.5 Å². The Labute approximate surface area is 201 Å². The molecular weight excluding hydrogens is 461 g/mol. The number of likely N-dealkylation sites (N-methyl/N-ethyl adjacent to an activating group) is 1. The number of hydrogen-bond donors (Lipinski definition) is 3. The molecule has 4 rings (SSSR count). The predicted octanol–water partition coefficient (Wildman–Crippen LogP) is 4.06. The first-order valence-corrected chi connectivity index (χ1v) is 11.4. The van der Waals surface area contributed by atoms with Gasteiger partial charge < -0.3 is 14.8 Å². The third kappa shape index (κ3) is 4.78. The highest BCUT2D eigenvalue weighted by Crippen LogP contribution is 2.45. The first kappa shape index (κ1) is 25.2. The molecule has 0 bridgehead atoms. The number of likely N-dealkylation sites (tertiary alicyclic amines) is 1. The number of amides is 1. The van der Waals surface area contributed by atoms with E-state index in [1.807, 2.05) is 44.0 Å². The number of aromatic nitrogens is 2. The minimum absolute atomic E-state index is 0.0534. The molecule has 3 aromatic rings. The van der Waals surface area contributed by atoms with Crippen LogP contribution in [0.3, 0.4) is 0 Å². The molecule has 1 aliphatic rings. The number of nitrogens with one attached hydrogen (secondary N) is 1. The Balaban J connectivity index is 1.69. The number of imidazole rings is 1. The van der Waals surface area contributed by atoms with Gasteiger partial charge in [0.05, 0.1) is 16.6 Å². The van der Waals surface area contributed by atoms with Crippen molar-refractivity contribution < 1.29 is 28.2 Å². The van der Waals surface area contributed by atoms with E-state index < -0.39 is 23.9 Å². The van der Waals surface area contributed by atoms with E-state index in [0.29, 0.717) is 25.0 Å². The van der Waals surface area contributed by atoms with Gasteiger partial charge >= 0.3 is 6.18 Å². The molecule has 0 aliphatic carbocycles. The number of halogens is 3. The number of aliphatic hydroxyl groups is 2. The Morgan fingerprint density at radius 2 is 1.97 bits per heavy atom. The van der Waals surface area contributed by atoms with Crippen LogP contribution in [0.2, 0.25) is 0 Å². The molecule has 1 aromatic heterocycles. The van der Waals surface area contributed by atoms with Crippen LogP contribution >= 0.6 is 0 Å². The van der Waals surface area contributed by atoms with Crippen molar-refractivity contribution in [1.82, 2.24) is 14.5 Å². The highest BCUT2D eigenvalue weighted by Gasteiger charge is 2.46. The molecule has 188 valence electrons. The molecule has 1 saturated heterocycles. The first-order chi connectivity index (χ1) is 16.4. The lowest BCUT2D eigenvalue weighted by molar-refractivity contribution is -0.137. The van der Waals surface area contributed by atoms with Crippen LogP contribution in [0.4, 0.5) is 19.1 Å². The van der Waals surface area contributed by atoms with E-state index in [0.717, 1.165) is 23.2 Å². The molecule has 1 aliphatic heterocycles. The molecule has 2 atom stereocenters. The minimum atomic E-state index is -4.56. The highest BCUT2D eigenvalue weighted by molar-refractivity contribution is 6.04. The molecule has 0 spiro atoms. The molecule has 2 aromatic carbocycles. The zero-order chi connectivity index (χ0) is 25.5. The zero-order valence-electron chi connectivity index (χ0n) is 19.8. The summed E-state index contributed by atoms with van der Waals surface area (Å²) in [5.74, 6) is -0.466. The number of carbonyl (C=O) groups excluding carboxylic acids is 1. The molecule has 3 N–H and O–H groups in total. The van der Waals surface area contributed by atoms with Gasteiger partial charge in [0.25, 0.3) is 5.91 Å². The number of nitrogens with zero attached hydrogens (tertiary/aromatic N) is 3. The normalized spacial score (nSPS) is 20.5. The van der Waals surface area contributed by atoms with Crippen molar-refractivity contribution in [3.05, 3.63) is 59.2 Å². The summed E-state index contributed by atoms with van der Waals surface area (Å²) in [5, 5.41) is 22.5. The van der Waals surface area contributed by atoms with Crippen molar-refractivity contribution in [2.75, 3.05) is 25.5 Å². The van der Waals surface area contributed by atoms with Gasteiger partial charge in [-0.3, -0.25) is 15.0 Å². The molecule has 1 amide bonds. The smallest absolute Gasteiger partial charge is 0.396 e. The lowest BCUT2D eigenvalue weighted by Crippen LogP contribution is -2.34. The van der Waals surface area contributed by atoms with E-state index in [1.165, 1.54) is 12.1 Å². The number of carbonyl (C=O) groups is 1. The van der Waals surface area contributed by atoms with Gasteiger partial charge in [-0.2, -0.15) is 13.2 Å². The van der Waals surface area contributed by atoms with Crippen molar-refractivity contribution in [1.29, 1.82) is 0 Å². The fourth-order valence-corrected chi connectivity index (χ4v) is 4.83. The summed E-state index contributed by atoms with van der Waals surface area (Å²) < 4.78 is 41.0. The van der Waals surface area contributed by atoms with Gasteiger partial charge in [-0.25, -0.2) is 4.98 Å². The standard InChI is InChI=1S/C25H29F3N4O3/c1-24(2)18(14-31(3)22(24)35)15-8-9-20-19(13-15)29-23(32(20)10-5-11-33)30-21(34)16-6-4-7-17(12-16)25(26,27)28/h4,6-9,12-13,18,22,33,35H,5,10-11,14H2,1-3H3,(H,29,30,34). The number of alkyl halides is 3. The quantitative estimate of drug-likeness (QED) is 0.485. The van der Waals surface area contributed by atoms with E-state index in [1.54, 1.807) is 4.57 Å². The van der Waals surface area contributed by atoms with Crippen LogP contribution in [0.5, 0.6) is 0 Å². The average Bonchev–Trinajstić information content (AvgIpc) is 3.25. The van der Waals surface area contributed by atoms with Gasteiger partial charge in [-0.1, -0.05) is 26.0 Å². The zero-order valence-corrected chi connectivity index (χ0v) is 19.8. The van der Waals surface area contributed by atoms with E-state index in [4.69, 9.17) is 0 Å². The largest absolute Gasteiger partial charge is 0.416 e. The van der Waals surface area contributed by atoms with Gasteiger partial charge in [-0.05, 0) is 49.4 Å². The summed E-state index contributed by atoms with van der Waals surface area (Å²) in [5.41, 5.74) is 0.905. The molecule has 10 heteroatoms. The second kappa shape index (κ2) is 9.25. The first-order valence-electron chi connectivity index (χ1n) is 11.4. The Hall–Kier alpha value is -2.95. The monoisotopic (exact) mass is 490 g/mol. The van der Waals surface area contributed by atoms with Gasteiger partial charge in [0.1, 0.15) is 6.23 Å². The van der Waals surface area contributed by atoms with Crippen LogP contribution in [0, 0.1) is 5.41 Å². The molecule has 35 heavy (non-hydrogen) atoms. The maximum Gasteiger partial charge on any atom is 0.416 e. The maximum absolute atomic E-state index is 13.1. The van der Waals surface area contributed by atoms with Crippen LogP contribution in [0.1, 0.15) is 47.7 Å². The fraction of sp³-hybridized carbons (Fsp3) is 0.440. The summed E-state index contributed by atoms with van der Waals surface area (Å²) >= 11 is 0. The number of aliphatic hydroxyl groups excluding tert-OH is 2. The van der Waals surface area contributed by atoms with Gasteiger partial charge in [-0.15, -0.1) is 0 Å². The van der Waals surface area contributed by atoms with E-state index in [9.17, 15) is 28.2 Å². The van der Waals surface area contributed by atoms with Crippen LogP contribution in [0.15, 0.2) is 42.5 Å². The Morgan fingerprint density at radius 3 is 2.60 bits per heavy atom. The Bertz CT molecular complexity index is 1240. The number of aryl methyl sites for hydroxylation is 1. The SMILES string of the molecule is CN1CC(c2ccc3c(c2)nc(NC(=O)c2cccc(C(F)(F)F)c2)n3CCCO)C(C)(C)C1O. The van der Waals surface area contributed by atoms with Crippen molar-refractivity contribution in [2.45, 2.75) is 45.1 Å². The number of fused-ring (bicyclic) bond motifs is 1. The van der Waals surface area contributed by atoms with Crippen LogP contribution in [-0.2, 0) is 12.7 Å². The Morgan fingerprint density at radius 1 is 1.23 bits per heavy atom. The van der Waals surface area contributed by atoms with Crippen molar-refractivity contribution >= 4 is 22.9 Å². The second-order valence-electron chi connectivity index (χ2n) is 9.63. The summed E-state index contributed by atoms with van der Waals surface area (Å²) in [6.45, 7) is 4.98. The van der Waals surface area contributed by atoms with Crippen LogP contribution < -0.4 is 5.32 Å². The summed E-state index contributed by atoms with van der Waals surface area (Å²) in [4.78, 5) is 19.3. The highest BCUT2D eigenvalue weighted by atomic mass is 19.4. The second-order valence-corrected chi connectivity index (χ2v) is 9.63.